The number of phosphoric acid groups is 1. The molecule has 0 saturated carbocycles. The summed E-state index contributed by atoms with van der Waals surface area (Å²) in [6, 6.07) is 0. The molecule has 0 aliphatic carbocycles. The van der Waals surface area contributed by atoms with Crippen molar-refractivity contribution in [2.45, 2.75) is 405 Å². The Morgan fingerprint density at radius 1 is 0.353 bits per heavy atom. The van der Waals surface area contributed by atoms with Gasteiger partial charge in [0.1, 0.15) is 6.61 Å². The van der Waals surface area contributed by atoms with Gasteiger partial charge in [0, 0.05) is 19.4 Å². The Morgan fingerprint density at radius 3 is 0.906 bits per heavy atom. The average Bonchev–Trinajstić information content (AvgIpc) is 3.52. The van der Waals surface area contributed by atoms with E-state index in [1.807, 2.05) is 0 Å². The number of phosphoric ester groups is 1. The third-order valence-electron chi connectivity index (χ3n) is 17.0. The zero-order valence-electron chi connectivity index (χ0n) is 56.6. The summed E-state index contributed by atoms with van der Waals surface area (Å²) in [6.45, 7) is 3.79. The van der Waals surface area contributed by atoms with Crippen molar-refractivity contribution in [1.82, 2.24) is 0 Å². The molecule has 0 radical (unpaired) electrons. The molecular weight excluding hydrogens is 1070 g/mol. The Kier molecular flexibility index (Phi) is 69.8. The maximum atomic E-state index is 12.7. The number of nitrogens with two attached hydrogens (primary N) is 1. The number of allylic oxidation sites excluding steroid dienone is 6. The molecule has 0 aromatic carbocycles. The molecule has 0 saturated heterocycles. The lowest BCUT2D eigenvalue weighted by Crippen LogP contribution is -2.29. The van der Waals surface area contributed by atoms with Gasteiger partial charge in [-0.1, -0.05) is 371 Å². The number of carbonyl (C=O) groups is 2. The molecule has 0 aliphatic heterocycles. The van der Waals surface area contributed by atoms with Crippen LogP contribution in [0.15, 0.2) is 36.5 Å². The number of hydrogen-bond acceptors (Lipinski definition) is 8. The lowest BCUT2D eigenvalue weighted by molar-refractivity contribution is -0.161. The lowest BCUT2D eigenvalue weighted by atomic mass is 10.0. The van der Waals surface area contributed by atoms with Gasteiger partial charge < -0.3 is 20.1 Å². The normalized spacial score (nSPS) is 13.0. The third kappa shape index (κ3) is 71.2. The predicted molar refractivity (Wildman–Crippen MR) is 367 cm³/mol. The van der Waals surface area contributed by atoms with E-state index in [1.165, 1.54) is 308 Å². The van der Waals surface area contributed by atoms with Crippen LogP contribution in [-0.2, 0) is 32.7 Å². The summed E-state index contributed by atoms with van der Waals surface area (Å²) in [6.07, 6.45) is 90.0. The quantitative estimate of drug-likeness (QED) is 0.0264. The molecule has 3 N–H and O–H groups in total. The number of rotatable bonds is 72. The molecule has 0 heterocycles. The molecule has 0 rings (SSSR count). The molecular formula is C75H144NO8P. The lowest BCUT2D eigenvalue weighted by Gasteiger charge is -2.19. The van der Waals surface area contributed by atoms with E-state index in [0.29, 0.717) is 6.42 Å². The molecule has 0 spiro atoms. The first-order valence-electron chi connectivity index (χ1n) is 37.5. The minimum absolute atomic E-state index is 0.0532. The topological polar surface area (TPSA) is 134 Å². The second-order valence-electron chi connectivity index (χ2n) is 25.5. The summed E-state index contributed by atoms with van der Waals surface area (Å²) in [4.78, 5) is 35.3. The highest BCUT2D eigenvalue weighted by Gasteiger charge is 2.26. The van der Waals surface area contributed by atoms with Crippen LogP contribution in [0.25, 0.3) is 0 Å². The number of esters is 2. The molecule has 0 amide bonds. The Morgan fingerprint density at radius 2 is 0.612 bits per heavy atom. The zero-order chi connectivity index (χ0) is 61.6. The Labute approximate surface area is 528 Å². The van der Waals surface area contributed by atoms with Gasteiger partial charge in [-0.25, -0.2) is 4.57 Å². The van der Waals surface area contributed by atoms with E-state index in [0.717, 1.165) is 57.8 Å². The highest BCUT2D eigenvalue weighted by Crippen LogP contribution is 2.43. The molecule has 2 unspecified atom stereocenters. The Balaban J connectivity index is 3.73. The summed E-state index contributed by atoms with van der Waals surface area (Å²) in [5.74, 6) is -0.817. The number of carbonyl (C=O) groups excluding carboxylic acids is 2. The second kappa shape index (κ2) is 71.3. The van der Waals surface area contributed by atoms with Crippen LogP contribution in [0.2, 0.25) is 0 Å². The third-order valence-corrected chi connectivity index (χ3v) is 18.0. The van der Waals surface area contributed by atoms with E-state index < -0.39 is 26.5 Å². The molecule has 0 bridgehead atoms. The van der Waals surface area contributed by atoms with Crippen LogP contribution in [0.4, 0.5) is 0 Å². The van der Waals surface area contributed by atoms with Gasteiger partial charge in [0.2, 0.25) is 0 Å². The van der Waals surface area contributed by atoms with E-state index >= 15 is 0 Å². The van der Waals surface area contributed by atoms with E-state index in [1.54, 1.807) is 0 Å². The Hall–Kier alpha value is -1.77. The maximum Gasteiger partial charge on any atom is 0.472 e. The second-order valence-corrected chi connectivity index (χ2v) is 27.0. The largest absolute Gasteiger partial charge is 0.472 e. The van der Waals surface area contributed by atoms with Crippen molar-refractivity contribution in [1.29, 1.82) is 0 Å². The zero-order valence-corrected chi connectivity index (χ0v) is 57.5. The standard InChI is InChI=1S/C75H144NO8P/c1-3-5-7-9-11-13-15-17-19-21-23-25-27-28-29-30-31-32-33-34-35-36-37-38-39-40-41-42-43-44-46-47-49-51-53-55-57-59-61-63-65-67-74(77)81-71-73(72-83-85(79,80)82-70-69-76)84-75(78)68-66-64-62-60-58-56-54-52-50-48-45-26-24-22-20-18-16-14-12-10-8-6-4-2/h16,18,22,24,45,48,73H,3-15,17,19-21,23,25-44,46-47,49-72,76H2,1-2H3,(H,79,80)/b18-16-,24-22-,48-45-. The van der Waals surface area contributed by atoms with Gasteiger partial charge in [-0.3, -0.25) is 18.6 Å². The van der Waals surface area contributed by atoms with Gasteiger partial charge in [0.25, 0.3) is 0 Å². The van der Waals surface area contributed by atoms with Crippen molar-refractivity contribution in [3.05, 3.63) is 36.5 Å². The van der Waals surface area contributed by atoms with Crippen molar-refractivity contribution in [2.75, 3.05) is 26.4 Å². The van der Waals surface area contributed by atoms with E-state index in [-0.39, 0.29) is 38.6 Å². The van der Waals surface area contributed by atoms with Gasteiger partial charge >= 0.3 is 19.8 Å². The van der Waals surface area contributed by atoms with E-state index in [2.05, 4.69) is 50.3 Å². The van der Waals surface area contributed by atoms with Gasteiger partial charge in [0.05, 0.1) is 13.2 Å². The monoisotopic (exact) mass is 1220 g/mol. The van der Waals surface area contributed by atoms with E-state index in [9.17, 15) is 19.0 Å². The van der Waals surface area contributed by atoms with Gasteiger partial charge in [-0.2, -0.15) is 0 Å². The molecule has 85 heavy (non-hydrogen) atoms. The minimum atomic E-state index is -4.39. The Bertz CT molecular complexity index is 1490. The van der Waals surface area contributed by atoms with Gasteiger partial charge in [-0.15, -0.1) is 0 Å². The van der Waals surface area contributed by atoms with Crippen molar-refractivity contribution in [3.8, 4) is 0 Å². The van der Waals surface area contributed by atoms with E-state index in [4.69, 9.17) is 24.3 Å². The van der Waals surface area contributed by atoms with Crippen molar-refractivity contribution >= 4 is 19.8 Å². The first kappa shape index (κ1) is 83.2. The molecule has 0 fully saturated rings. The summed E-state index contributed by atoms with van der Waals surface area (Å²) in [5, 5.41) is 0. The van der Waals surface area contributed by atoms with Crippen molar-refractivity contribution in [2.24, 2.45) is 5.73 Å². The van der Waals surface area contributed by atoms with Crippen LogP contribution in [-0.4, -0.2) is 49.3 Å². The molecule has 2 atom stereocenters. The molecule has 502 valence electrons. The van der Waals surface area contributed by atoms with Crippen LogP contribution in [0, 0.1) is 0 Å². The number of unbranched alkanes of at least 4 members (excludes halogenated alkanes) is 53. The average molecular weight is 1220 g/mol. The number of hydrogen-bond donors (Lipinski definition) is 2. The van der Waals surface area contributed by atoms with Crippen molar-refractivity contribution in [3.63, 3.8) is 0 Å². The van der Waals surface area contributed by atoms with Crippen LogP contribution >= 0.6 is 7.82 Å². The summed E-state index contributed by atoms with van der Waals surface area (Å²) >= 11 is 0. The maximum absolute atomic E-state index is 12.7. The fourth-order valence-corrected chi connectivity index (χ4v) is 12.2. The summed E-state index contributed by atoms with van der Waals surface area (Å²) in [7, 11) is -4.39. The van der Waals surface area contributed by atoms with Crippen LogP contribution in [0.1, 0.15) is 399 Å². The molecule has 9 nitrogen and oxygen atoms in total. The highest BCUT2D eigenvalue weighted by atomic mass is 31.2. The minimum Gasteiger partial charge on any atom is -0.462 e. The predicted octanol–water partition coefficient (Wildman–Crippen LogP) is 24.6. The SMILES string of the molecule is CCCCCCC/C=C\C/C=C\C/C=C\CCCCCCCCCCC(=O)OC(COC(=O)CCCCCCCCCCCCCCCCCCCCCCCCCCCCCCCCCCCCCCCCCCC)COP(=O)(O)OCCN. The highest BCUT2D eigenvalue weighted by molar-refractivity contribution is 7.47. The van der Waals surface area contributed by atoms with Crippen LogP contribution < -0.4 is 5.73 Å². The molecule has 0 aromatic rings. The number of ether oxygens (including phenoxy) is 2. The van der Waals surface area contributed by atoms with Crippen LogP contribution in [0.5, 0.6) is 0 Å². The summed E-state index contributed by atoms with van der Waals surface area (Å²) in [5.41, 5.74) is 5.40. The van der Waals surface area contributed by atoms with Gasteiger partial charge in [0.15, 0.2) is 6.10 Å². The molecule has 0 aromatic heterocycles. The van der Waals surface area contributed by atoms with Crippen LogP contribution in [0.3, 0.4) is 0 Å². The fraction of sp³-hybridized carbons (Fsp3) is 0.893. The molecule has 10 heteroatoms. The van der Waals surface area contributed by atoms with Crippen molar-refractivity contribution < 1.29 is 37.6 Å². The first-order chi connectivity index (χ1) is 41.8. The van der Waals surface area contributed by atoms with Gasteiger partial charge in [-0.05, 0) is 51.4 Å². The fourth-order valence-electron chi connectivity index (χ4n) is 11.5. The molecule has 0 aliphatic rings. The summed E-state index contributed by atoms with van der Waals surface area (Å²) < 4.78 is 33.2. The smallest absolute Gasteiger partial charge is 0.462 e. The first-order valence-corrected chi connectivity index (χ1v) is 39.0.